The van der Waals surface area contributed by atoms with Gasteiger partial charge in [0.25, 0.3) is 0 Å². The molecule has 0 saturated carbocycles. The zero-order valence-electron chi connectivity index (χ0n) is 69.0. The van der Waals surface area contributed by atoms with Crippen molar-refractivity contribution < 1.29 is 27.2 Å². The Kier molecular flexibility index (Phi) is 22.1. The first kappa shape index (κ1) is 80.2. The van der Waals surface area contributed by atoms with E-state index in [4.69, 9.17) is 26.3 Å². The standard InChI is InChI=1S/4C21H17N2S.C20H14FN2S/c1-13-8-10-15-16-11-9-14(2)19(22-3)21(16)24-20(15)18(13)17-7-5-6-12-23(17)4;1-13-8-9-16-15-10-11-17(22-3)14(2)20(15)24-21(16)19(13)18-7-5-6-12-23(18)4;1-13-8-9-15-16-11-14(2)17(22-3)12-19(16)24-21(15)20(13)18-7-5-6-10-23(18)4;1-13-7-10-17(23(3)12-13)19-14(2)8-9-16-20-15(11-22)5-4-6-18(20)24-21(16)19;1-12-7-8-13-14-9-10-15(21)18(22-2)20(14)24-19(13)17(12)16-6-4-5-11-23(16)3/h3*5-12H,1-2,4H3;4-10,12H,1-3H3;4-11H,1,3H3/q5*+1. The van der Waals surface area contributed by atoms with E-state index in [1.165, 1.54) is 166 Å². The maximum Gasteiger partial charge on any atom is 0.239 e. The fourth-order valence-electron chi connectivity index (χ4n) is 16.6. The van der Waals surface area contributed by atoms with Gasteiger partial charge in [-0.3, -0.25) is 0 Å². The highest BCUT2D eigenvalue weighted by Crippen LogP contribution is 2.50. The summed E-state index contributed by atoms with van der Waals surface area (Å²) in [5, 5.41) is 21.2. The van der Waals surface area contributed by atoms with Gasteiger partial charge in [-0.15, -0.1) is 56.7 Å². The molecule has 10 aromatic heterocycles. The maximum absolute atomic E-state index is 14.0. The highest BCUT2D eigenvalue weighted by atomic mass is 32.1. The van der Waals surface area contributed by atoms with Gasteiger partial charge in [-0.2, -0.15) is 5.26 Å². The summed E-state index contributed by atoms with van der Waals surface area (Å²) in [5.74, 6) is -0.451. The number of pyridine rings is 5. The lowest BCUT2D eigenvalue weighted by Gasteiger charge is -2.07. The van der Waals surface area contributed by atoms with Crippen LogP contribution < -0.4 is 22.8 Å². The van der Waals surface area contributed by atoms with E-state index in [0.717, 1.165) is 80.8 Å². The Morgan fingerprint density at radius 1 is 0.308 bits per heavy atom. The number of fused-ring (bicyclic) bond motifs is 15. The van der Waals surface area contributed by atoms with Crippen LogP contribution in [0.25, 0.3) is 177 Å². The van der Waals surface area contributed by atoms with Gasteiger partial charge in [0.15, 0.2) is 42.4 Å². The van der Waals surface area contributed by atoms with E-state index in [2.05, 4.69) is 307 Å². The molecule has 16 heteroatoms. The quantitative estimate of drug-likeness (QED) is 0.125. The van der Waals surface area contributed by atoms with Crippen molar-refractivity contribution in [2.24, 2.45) is 35.2 Å². The number of nitriles is 1. The first-order valence-electron chi connectivity index (χ1n) is 39.2. The molecule has 0 N–H and O–H groups in total. The van der Waals surface area contributed by atoms with Crippen LogP contribution in [-0.2, 0) is 35.2 Å². The Hall–Kier alpha value is -13.6. The van der Waals surface area contributed by atoms with E-state index in [-0.39, 0.29) is 5.69 Å². The number of hydrogen-bond acceptors (Lipinski definition) is 6. The average Bonchev–Trinajstić information content (AvgIpc) is 1.61. The predicted molar refractivity (Wildman–Crippen MR) is 502 cm³/mol. The number of thiophene rings is 5. The molecule has 0 fully saturated rings. The monoisotopic (exact) mass is 1650 g/mol. The molecule has 10 heterocycles. The van der Waals surface area contributed by atoms with Crippen LogP contribution in [0, 0.1) is 106 Å². The van der Waals surface area contributed by atoms with Gasteiger partial charge in [-0.05, 0) is 194 Å². The van der Waals surface area contributed by atoms with Crippen LogP contribution in [0.4, 0.5) is 27.1 Å². The molecule has 120 heavy (non-hydrogen) atoms. The molecule has 0 unspecified atom stereocenters. The lowest BCUT2D eigenvalue weighted by Crippen LogP contribution is -2.31. The average molecular weight is 1650 g/mol. The minimum atomic E-state index is -0.451. The molecule has 0 aliphatic heterocycles. The van der Waals surface area contributed by atoms with Gasteiger partial charge in [0, 0.05) is 129 Å². The van der Waals surface area contributed by atoms with Crippen LogP contribution in [0.2, 0.25) is 0 Å². The summed E-state index contributed by atoms with van der Waals surface area (Å²) in [7, 11) is 10.4. The van der Waals surface area contributed by atoms with Gasteiger partial charge in [0.05, 0.1) is 65.7 Å². The second kappa shape index (κ2) is 33.1. The zero-order chi connectivity index (χ0) is 84.2. The van der Waals surface area contributed by atoms with E-state index < -0.39 is 5.82 Å². The van der Waals surface area contributed by atoms with Crippen LogP contribution >= 0.6 is 56.7 Å². The van der Waals surface area contributed by atoms with Crippen LogP contribution in [-0.4, -0.2) is 0 Å². The molecule has 580 valence electrons. The van der Waals surface area contributed by atoms with E-state index in [1.807, 2.05) is 69.6 Å². The van der Waals surface area contributed by atoms with Crippen LogP contribution in [0.3, 0.4) is 0 Å². The SMILES string of the molecule is Cc1ccc(-c2c(C)ccc3c2sc2cccc(C#N)c23)[n+](C)c1.[C-]#[N+]c1c(C)ccc2c1sc1c(-c3cccc[n+]3C)c(C)ccc12.[C-]#[N+]c1c(F)ccc2c1sc1c(-c3cccc[n+]3C)c(C)ccc12.[C-]#[N+]c1cc2sc3c(-c4cccc[n+]4C)c(C)ccc3c2cc1C.[C-]#[N+]c1ccc2c(sc3c(-c4cccc[n+]4C)c(C)ccc32)c1C. The van der Waals surface area contributed by atoms with Gasteiger partial charge in [0.1, 0.15) is 41.1 Å². The van der Waals surface area contributed by atoms with Crippen molar-refractivity contribution in [1.82, 2.24) is 0 Å². The van der Waals surface area contributed by atoms with Crippen LogP contribution in [0.1, 0.15) is 55.6 Å². The van der Waals surface area contributed by atoms with Crippen molar-refractivity contribution in [3.8, 4) is 62.4 Å². The van der Waals surface area contributed by atoms with E-state index in [1.54, 1.807) is 51.4 Å². The molecule has 10 aromatic carbocycles. The lowest BCUT2D eigenvalue weighted by atomic mass is 9.99. The van der Waals surface area contributed by atoms with Gasteiger partial charge in [-0.25, -0.2) is 46.6 Å². The van der Waals surface area contributed by atoms with Crippen LogP contribution in [0.15, 0.2) is 243 Å². The number of hydrogen-bond donors (Lipinski definition) is 0. The van der Waals surface area contributed by atoms with Gasteiger partial charge < -0.3 is 0 Å². The summed E-state index contributed by atoms with van der Waals surface area (Å²) in [4.78, 5) is 14.5. The van der Waals surface area contributed by atoms with Crippen molar-refractivity contribution in [3.63, 3.8) is 0 Å². The van der Waals surface area contributed by atoms with Crippen molar-refractivity contribution in [1.29, 1.82) is 5.26 Å². The molecule has 0 saturated heterocycles. The number of aryl methyl sites for hydroxylation is 14. The largest absolute Gasteiger partial charge is 0.239 e. The predicted octanol–water partition coefficient (Wildman–Crippen LogP) is 27.7. The van der Waals surface area contributed by atoms with Gasteiger partial charge in [-0.1, -0.05) is 103 Å². The molecule has 0 bridgehead atoms. The zero-order valence-corrected chi connectivity index (χ0v) is 73.1. The fraction of sp³-hybridized carbons (Fsp3) is 0.135. The molecule has 0 spiro atoms. The number of nitrogens with zero attached hydrogens (tertiary/aromatic N) is 10. The topological polar surface area (TPSA) is 60.6 Å². The number of rotatable bonds is 5. The summed E-state index contributed by atoms with van der Waals surface area (Å²) in [6.07, 6.45) is 10.4. The van der Waals surface area contributed by atoms with Crippen LogP contribution in [0.5, 0.6) is 0 Å². The normalized spacial score (nSPS) is 11.1. The number of benzene rings is 10. The molecule has 0 radical (unpaired) electrons. The molecular formula is C104H82FN10S5+5. The second-order valence-electron chi connectivity index (χ2n) is 30.5. The summed E-state index contributed by atoms with van der Waals surface area (Å²) < 4.78 is 36.4. The summed E-state index contributed by atoms with van der Waals surface area (Å²) in [6.45, 7) is 48.5. The van der Waals surface area contributed by atoms with Crippen molar-refractivity contribution in [3.05, 3.63) is 350 Å². The lowest BCUT2D eigenvalue weighted by molar-refractivity contribution is -0.660. The number of halogens is 1. The molecule has 0 amide bonds. The summed E-state index contributed by atoms with van der Waals surface area (Å²) >= 11 is 8.62. The third-order valence-corrected chi connectivity index (χ3v) is 29.0. The first-order chi connectivity index (χ1) is 58.0. The van der Waals surface area contributed by atoms with Gasteiger partial charge >= 0.3 is 0 Å². The van der Waals surface area contributed by atoms with Crippen molar-refractivity contribution in [2.45, 2.75) is 62.3 Å². The van der Waals surface area contributed by atoms with Crippen molar-refractivity contribution in [2.75, 3.05) is 0 Å². The Bertz CT molecular complexity index is 7680. The van der Waals surface area contributed by atoms with E-state index in [9.17, 15) is 9.65 Å². The second-order valence-corrected chi connectivity index (χ2v) is 35.7. The minimum Gasteiger partial charge on any atom is -0.238 e. The maximum atomic E-state index is 14.0. The molecular weight excluding hydrogens is 1570 g/mol. The fourth-order valence-corrected chi connectivity index (χ4v) is 23.5. The molecule has 20 aromatic rings. The molecule has 0 atom stereocenters. The highest BCUT2D eigenvalue weighted by molar-refractivity contribution is 7.28. The third-order valence-electron chi connectivity index (χ3n) is 22.8. The Balaban J connectivity index is 0.000000112. The van der Waals surface area contributed by atoms with E-state index in [0.29, 0.717) is 0 Å². The molecule has 20 rings (SSSR count). The van der Waals surface area contributed by atoms with Gasteiger partial charge in [0.2, 0.25) is 39.8 Å². The third kappa shape index (κ3) is 14.3. The smallest absolute Gasteiger partial charge is 0.238 e. The molecule has 0 aliphatic carbocycles. The Morgan fingerprint density at radius 3 is 1.12 bits per heavy atom. The Labute approximate surface area is 717 Å². The van der Waals surface area contributed by atoms with Crippen molar-refractivity contribution >= 4 is 180 Å². The number of aromatic nitrogens is 5. The minimum absolute atomic E-state index is 0.120. The Morgan fingerprint density at radius 2 is 0.683 bits per heavy atom. The summed E-state index contributed by atoms with van der Waals surface area (Å²) in [6, 6.07) is 75.0. The first-order valence-corrected chi connectivity index (χ1v) is 43.3. The summed E-state index contributed by atoms with van der Waals surface area (Å²) in [5.41, 5.74) is 26.0. The molecule has 10 nitrogen and oxygen atoms in total. The highest BCUT2D eigenvalue weighted by Gasteiger charge is 2.27. The molecule has 0 aliphatic rings. The van der Waals surface area contributed by atoms with E-state index >= 15 is 0 Å².